The molecule has 0 bridgehead atoms. The van der Waals surface area contributed by atoms with Crippen molar-refractivity contribution in [2.24, 2.45) is 0 Å². The van der Waals surface area contributed by atoms with Crippen LogP contribution in [0.3, 0.4) is 0 Å². The van der Waals surface area contributed by atoms with Crippen molar-refractivity contribution in [3.8, 4) is 0 Å². The van der Waals surface area contributed by atoms with Crippen LogP contribution in [0, 0.1) is 0 Å². The number of H-pyrrole nitrogens is 1. The monoisotopic (exact) mass is 227 g/mol. The first kappa shape index (κ1) is 9.71. The second kappa shape index (κ2) is 3.82. The summed E-state index contributed by atoms with van der Waals surface area (Å²) in [5.74, 6) is 0.591. The Balaban J connectivity index is 2.10. The number of hydrogen-bond donors (Lipinski definition) is 1. The molecule has 0 aliphatic heterocycles. The van der Waals surface area contributed by atoms with E-state index in [1.807, 2.05) is 18.2 Å². The van der Waals surface area contributed by atoms with Crippen molar-refractivity contribution in [3.63, 3.8) is 0 Å². The van der Waals surface area contributed by atoms with Crippen LogP contribution in [0.5, 0.6) is 0 Å². The number of nitrogens with one attached hydrogen (secondary N) is 1. The van der Waals surface area contributed by atoms with Crippen LogP contribution in [-0.2, 0) is 6.54 Å². The van der Waals surface area contributed by atoms with Gasteiger partial charge in [0.2, 0.25) is 0 Å². The van der Waals surface area contributed by atoms with E-state index >= 15 is 0 Å². The average Bonchev–Trinajstić information content (AvgIpc) is 2.82. The van der Waals surface area contributed by atoms with Crippen LogP contribution in [0.2, 0.25) is 0 Å². The average molecular weight is 227 g/mol. The first-order valence-corrected chi connectivity index (χ1v) is 5.13. The molecule has 0 atom stereocenters. The van der Waals surface area contributed by atoms with E-state index in [0.29, 0.717) is 23.3 Å². The standard InChI is InChI=1S/C11H9N5O/c17-11-8-3-1-2-4-9(8)14-10(15-11)5-16-6-12-13-7-16/h1-4,6-7H,5H2,(H,14,15,17). The summed E-state index contributed by atoms with van der Waals surface area (Å²) < 4.78 is 1.74. The van der Waals surface area contributed by atoms with Gasteiger partial charge in [-0.1, -0.05) is 12.1 Å². The zero-order valence-corrected chi connectivity index (χ0v) is 8.87. The highest BCUT2D eigenvalue weighted by atomic mass is 16.1. The molecule has 0 aliphatic rings. The fourth-order valence-electron chi connectivity index (χ4n) is 1.69. The fraction of sp³-hybridized carbons (Fsp3) is 0.0909. The lowest BCUT2D eigenvalue weighted by molar-refractivity contribution is 0.742. The molecule has 0 aliphatic carbocycles. The Morgan fingerprint density at radius 3 is 2.76 bits per heavy atom. The summed E-state index contributed by atoms with van der Waals surface area (Å²) in [5, 5.41) is 7.99. The summed E-state index contributed by atoms with van der Waals surface area (Å²) in [6, 6.07) is 7.25. The number of benzene rings is 1. The highest BCUT2D eigenvalue weighted by Gasteiger charge is 2.03. The normalized spacial score (nSPS) is 10.8. The summed E-state index contributed by atoms with van der Waals surface area (Å²) in [7, 11) is 0. The van der Waals surface area contributed by atoms with Crippen LogP contribution in [0.1, 0.15) is 5.82 Å². The zero-order valence-electron chi connectivity index (χ0n) is 8.87. The Bertz CT molecular complexity index is 701. The van der Waals surface area contributed by atoms with E-state index in [0.717, 1.165) is 0 Å². The molecule has 0 amide bonds. The molecule has 0 radical (unpaired) electrons. The quantitative estimate of drug-likeness (QED) is 0.694. The first-order valence-electron chi connectivity index (χ1n) is 5.13. The van der Waals surface area contributed by atoms with Crippen LogP contribution < -0.4 is 5.56 Å². The van der Waals surface area contributed by atoms with Crippen LogP contribution in [-0.4, -0.2) is 24.7 Å². The van der Waals surface area contributed by atoms with Gasteiger partial charge < -0.3 is 9.55 Å². The predicted molar refractivity (Wildman–Crippen MR) is 61.5 cm³/mol. The Labute approximate surface area is 96.0 Å². The molecule has 1 aromatic carbocycles. The first-order chi connectivity index (χ1) is 8.33. The highest BCUT2D eigenvalue weighted by Crippen LogP contribution is 2.05. The largest absolute Gasteiger partial charge is 0.313 e. The van der Waals surface area contributed by atoms with E-state index < -0.39 is 0 Å². The number of rotatable bonds is 2. The number of hydrogen-bond acceptors (Lipinski definition) is 4. The van der Waals surface area contributed by atoms with Gasteiger partial charge in [-0.2, -0.15) is 0 Å². The number of aromatic nitrogens is 5. The second-order valence-electron chi connectivity index (χ2n) is 3.66. The van der Waals surface area contributed by atoms with Gasteiger partial charge in [-0.25, -0.2) is 4.98 Å². The lowest BCUT2D eigenvalue weighted by atomic mass is 10.2. The second-order valence-corrected chi connectivity index (χ2v) is 3.66. The molecule has 3 aromatic rings. The van der Waals surface area contributed by atoms with Gasteiger partial charge in [0.25, 0.3) is 5.56 Å². The minimum Gasteiger partial charge on any atom is -0.313 e. The smallest absolute Gasteiger partial charge is 0.258 e. The van der Waals surface area contributed by atoms with Crippen molar-refractivity contribution in [2.45, 2.75) is 6.54 Å². The Morgan fingerprint density at radius 1 is 1.18 bits per heavy atom. The molecule has 0 unspecified atom stereocenters. The van der Waals surface area contributed by atoms with Gasteiger partial charge in [0, 0.05) is 0 Å². The molecular weight excluding hydrogens is 218 g/mol. The van der Waals surface area contributed by atoms with Crippen LogP contribution in [0.15, 0.2) is 41.7 Å². The Morgan fingerprint density at radius 2 is 1.94 bits per heavy atom. The molecule has 84 valence electrons. The molecule has 3 rings (SSSR count). The van der Waals surface area contributed by atoms with Gasteiger partial charge >= 0.3 is 0 Å². The maximum atomic E-state index is 11.8. The molecule has 0 saturated heterocycles. The molecule has 2 aromatic heterocycles. The SMILES string of the molecule is O=c1[nH]c(Cn2cnnc2)nc2ccccc12. The molecule has 17 heavy (non-hydrogen) atoms. The molecule has 2 heterocycles. The van der Waals surface area contributed by atoms with Crippen molar-refractivity contribution < 1.29 is 0 Å². The molecule has 1 N–H and O–H groups in total. The topological polar surface area (TPSA) is 76.5 Å². The van der Waals surface area contributed by atoms with Crippen LogP contribution in [0.4, 0.5) is 0 Å². The van der Waals surface area contributed by atoms with Crippen molar-refractivity contribution >= 4 is 10.9 Å². The van der Waals surface area contributed by atoms with Crippen molar-refractivity contribution in [1.29, 1.82) is 0 Å². The summed E-state index contributed by atoms with van der Waals surface area (Å²) >= 11 is 0. The molecule has 6 heteroatoms. The molecule has 0 fully saturated rings. The zero-order chi connectivity index (χ0) is 11.7. The van der Waals surface area contributed by atoms with E-state index in [9.17, 15) is 4.79 Å². The minimum atomic E-state index is -0.126. The van der Waals surface area contributed by atoms with E-state index in [1.165, 1.54) is 0 Å². The molecular formula is C11H9N5O. The lowest BCUT2D eigenvalue weighted by Gasteiger charge is -2.02. The molecule has 0 spiro atoms. The maximum absolute atomic E-state index is 11.8. The number of aromatic amines is 1. The Kier molecular flexibility index (Phi) is 2.18. The number of fused-ring (bicyclic) bond motifs is 1. The lowest BCUT2D eigenvalue weighted by Crippen LogP contribution is -2.13. The van der Waals surface area contributed by atoms with Gasteiger partial charge in [-0.3, -0.25) is 4.79 Å². The van der Waals surface area contributed by atoms with E-state index in [1.54, 1.807) is 23.3 Å². The van der Waals surface area contributed by atoms with Crippen molar-refractivity contribution in [1.82, 2.24) is 24.7 Å². The summed E-state index contributed by atoms with van der Waals surface area (Å²) in [4.78, 5) is 18.9. The summed E-state index contributed by atoms with van der Waals surface area (Å²) in [5.41, 5.74) is 0.568. The summed E-state index contributed by atoms with van der Waals surface area (Å²) in [6.45, 7) is 0.451. The molecule has 6 nitrogen and oxygen atoms in total. The van der Waals surface area contributed by atoms with Gasteiger partial charge in [0.1, 0.15) is 18.5 Å². The Hall–Kier alpha value is -2.50. The van der Waals surface area contributed by atoms with Gasteiger partial charge in [0.15, 0.2) is 0 Å². The third-order valence-electron chi connectivity index (χ3n) is 2.46. The fourth-order valence-corrected chi connectivity index (χ4v) is 1.69. The van der Waals surface area contributed by atoms with E-state index in [2.05, 4.69) is 20.2 Å². The highest BCUT2D eigenvalue weighted by molar-refractivity contribution is 5.77. The van der Waals surface area contributed by atoms with Gasteiger partial charge in [-0.15, -0.1) is 10.2 Å². The third-order valence-corrected chi connectivity index (χ3v) is 2.46. The number of para-hydroxylation sites is 1. The minimum absolute atomic E-state index is 0.126. The maximum Gasteiger partial charge on any atom is 0.258 e. The predicted octanol–water partition coefficient (Wildman–Crippen LogP) is 0.563. The van der Waals surface area contributed by atoms with Crippen molar-refractivity contribution in [2.75, 3.05) is 0 Å². The molecule has 0 saturated carbocycles. The third kappa shape index (κ3) is 1.80. The number of nitrogens with zero attached hydrogens (tertiary/aromatic N) is 4. The van der Waals surface area contributed by atoms with E-state index in [-0.39, 0.29) is 5.56 Å². The summed E-state index contributed by atoms with van der Waals surface area (Å²) in [6.07, 6.45) is 3.16. The van der Waals surface area contributed by atoms with Crippen LogP contribution in [0.25, 0.3) is 10.9 Å². The van der Waals surface area contributed by atoms with Crippen LogP contribution >= 0.6 is 0 Å². The van der Waals surface area contributed by atoms with Gasteiger partial charge in [0.05, 0.1) is 17.4 Å². The van der Waals surface area contributed by atoms with E-state index in [4.69, 9.17) is 0 Å². The van der Waals surface area contributed by atoms with Gasteiger partial charge in [-0.05, 0) is 12.1 Å². The van der Waals surface area contributed by atoms with Crippen molar-refractivity contribution in [3.05, 3.63) is 53.1 Å².